The van der Waals surface area contributed by atoms with Gasteiger partial charge in [-0.05, 0) is 62.3 Å². The lowest BCUT2D eigenvalue weighted by Gasteiger charge is -2.31. The van der Waals surface area contributed by atoms with Crippen molar-refractivity contribution in [3.8, 4) is 0 Å². The van der Waals surface area contributed by atoms with Gasteiger partial charge in [0, 0.05) is 35.5 Å². The molecule has 4 atom stereocenters. The molecule has 2 fully saturated rings. The summed E-state index contributed by atoms with van der Waals surface area (Å²) in [5.74, 6) is -6.02. The lowest BCUT2D eigenvalue weighted by molar-refractivity contribution is -0.158. The van der Waals surface area contributed by atoms with Crippen molar-refractivity contribution in [2.24, 2.45) is 17.6 Å². The fraction of sp³-hybridized carbons (Fsp3) is 0.500. The first-order chi connectivity index (χ1) is 29.8. The predicted molar refractivity (Wildman–Crippen MR) is 221 cm³/mol. The van der Waals surface area contributed by atoms with E-state index in [0.29, 0.717) is 25.7 Å². The molecule has 342 valence electrons. The molecule has 1 unspecified atom stereocenters. The van der Waals surface area contributed by atoms with Gasteiger partial charge in [-0.3, -0.25) is 47.2 Å². The molecule has 0 spiro atoms. The number of aromatic amines is 1. The summed E-state index contributed by atoms with van der Waals surface area (Å²) < 4.78 is 65.3. The highest BCUT2D eigenvalue weighted by Crippen LogP contribution is 2.67. The van der Waals surface area contributed by atoms with Crippen LogP contribution in [0.15, 0.2) is 54.6 Å². The Hall–Kier alpha value is -5.72. The second kappa shape index (κ2) is 21.1. The summed E-state index contributed by atoms with van der Waals surface area (Å²) in [5.41, 5.74) is 1.01. The zero-order valence-corrected chi connectivity index (χ0v) is 36.3. The minimum Gasteiger partial charge on any atom is -0.438 e. The Balaban J connectivity index is 1.29. The van der Waals surface area contributed by atoms with E-state index in [9.17, 15) is 38.1 Å². The van der Waals surface area contributed by atoms with E-state index in [2.05, 4.69) is 20.9 Å². The van der Waals surface area contributed by atoms with Crippen molar-refractivity contribution in [3.63, 3.8) is 0 Å². The van der Waals surface area contributed by atoms with Crippen LogP contribution in [0.2, 0.25) is 0 Å². The lowest BCUT2D eigenvalue weighted by atomic mass is 10.1. The molecule has 18 nitrogen and oxygen atoms in total. The van der Waals surface area contributed by atoms with Crippen molar-refractivity contribution in [1.29, 1.82) is 0 Å². The number of amides is 5. The second-order valence-corrected chi connectivity index (χ2v) is 18.0. The molecular weight excluding hydrogens is 849 g/mol. The number of halogens is 2. The van der Waals surface area contributed by atoms with Crippen LogP contribution >= 0.6 is 7.60 Å². The number of fused-ring (bicyclic) bond motifs is 2. The van der Waals surface area contributed by atoms with Crippen LogP contribution in [0.1, 0.15) is 94.3 Å². The standard InChI is InChI=1S/C42H53F2N6O12P/c1-24(2)40(56)59-22-61-63(58,62-23-60-41(57)25(3)4)42(43,44)28-13-15-30-27(19-28)20-33(47-30)37(53)49-32-12-8-11-29-14-17-34(50(29)39(32)55)38(54)48-31(16-18-35(45)51)36(52)46-21-26-9-6-5-7-10-26/h5-7,9-10,13,15,19-20,24-25,29,31-32,34,47H,8,11-12,14,16-18,21-23H2,1-4H3,(H2,45,51)(H,46,52)(H,48,54)(H,49,53)/t29?,31-,32-,34-/m0/s1. The quantitative estimate of drug-likeness (QED) is 0.0599. The van der Waals surface area contributed by atoms with Gasteiger partial charge in [-0.25, -0.2) is 0 Å². The SMILES string of the molecule is CC(C)C(=O)OCOP(=O)(OCOC(=O)C(C)C)C(F)(F)c1ccc2[nH]c(C(=O)N[C@H]3CCCC4CC[C@@H](C(=O)N[C@@H](CCC(N)=O)C(=O)NCc5ccccc5)N4C3=O)cc2c1. The van der Waals surface area contributed by atoms with Crippen LogP contribution in [0.5, 0.6) is 0 Å². The molecule has 21 heteroatoms. The van der Waals surface area contributed by atoms with E-state index in [1.807, 2.05) is 30.3 Å². The van der Waals surface area contributed by atoms with Crippen molar-refractivity contribution in [2.75, 3.05) is 13.6 Å². The van der Waals surface area contributed by atoms with Gasteiger partial charge in [0.05, 0.1) is 11.8 Å². The molecule has 2 aliphatic rings. The number of H-pyrrole nitrogens is 1. The number of nitrogens with one attached hydrogen (secondary N) is 4. The number of ether oxygens (including phenoxy) is 2. The van der Waals surface area contributed by atoms with Crippen molar-refractivity contribution >= 4 is 60.0 Å². The molecule has 2 aliphatic heterocycles. The van der Waals surface area contributed by atoms with Crippen LogP contribution in [-0.4, -0.2) is 89.1 Å². The minimum absolute atomic E-state index is 0.0693. The van der Waals surface area contributed by atoms with Crippen LogP contribution in [0.25, 0.3) is 10.9 Å². The van der Waals surface area contributed by atoms with E-state index >= 15 is 8.78 Å². The third-order valence-corrected chi connectivity index (χ3v) is 12.5. The number of nitrogens with two attached hydrogens (primary N) is 1. The van der Waals surface area contributed by atoms with Gasteiger partial charge in [0.15, 0.2) is 0 Å². The summed E-state index contributed by atoms with van der Waals surface area (Å²) >= 11 is 0. The highest BCUT2D eigenvalue weighted by atomic mass is 31.2. The Morgan fingerprint density at radius 1 is 0.905 bits per heavy atom. The first kappa shape index (κ1) is 48.3. The topological polar surface area (TPSA) is 255 Å². The molecule has 3 aromatic rings. The number of benzene rings is 2. The number of nitrogens with zero attached hydrogens (tertiary/aromatic N) is 1. The van der Waals surface area contributed by atoms with Gasteiger partial charge in [-0.15, -0.1) is 0 Å². The molecule has 1 aromatic heterocycles. The van der Waals surface area contributed by atoms with E-state index in [-0.39, 0.29) is 48.4 Å². The molecule has 0 bridgehead atoms. The molecular formula is C42H53F2N6O12P. The monoisotopic (exact) mass is 902 g/mol. The Bertz CT molecular complexity index is 2190. The maximum absolute atomic E-state index is 16.1. The molecule has 5 amide bonds. The van der Waals surface area contributed by atoms with E-state index in [0.717, 1.165) is 17.7 Å². The van der Waals surface area contributed by atoms with E-state index in [4.69, 9.17) is 24.3 Å². The van der Waals surface area contributed by atoms with Crippen LogP contribution in [0.4, 0.5) is 8.78 Å². The molecule has 6 N–H and O–H groups in total. The fourth-order valence-electron chi connectivity index (χ4n) is 7.16. The van der Waals surface area contributed by atoms with Gasteiger partial charge in [0.25, 0.3) is 5.91 Å². The van der Waals surface area contributed by atoms with Crippen LogP contribution in [-0.2, 0) is 64.1 Å². The molecule has 2 saturated heterocycles. The summed E-state index contributed by atoms with van der Waals surface area (Å²) in [5, 5.41) is 8.26. The molecule has 63 heavy (non-hydrogen) atoms. The summed E-state index contributed by atoms with van der Waals surface area (Å²) in [7, 11) is -5.59. The number of hydrogen-bond acceptors (Lipinski definition) is 12. The smallest absolute Gasteiger partial charge is 0.410 e. The Labute approximate surface area is 362 Å². The maximum atomic E-state index is 16.1. The number of aromatic nitrogens is 1. The van der Waals surface area contributed by atoms with Gasteiger partial charge in [-0.2, -0.15) is 8.78 Å². The minimum atomic E-state index is -5.59. The highest BCUT2D eigenvalue weighted by Gasteiger charge is 2.56. The first-order valence-corrected chi connectivity index (χ1v) is 22.1. The molecule has 3 heterocycles. The normalized spacial score (nSPS) is 18.4. The maximum Gasteiger partial charge on any atom is 0.410 e. The van der Waals surface area contributed by atoms with Gasteiger partial charge >= 0.3 is 25.2 Å². The van der Waals surface area contributed by atoms with E-state index in [1.165, 1.54) is 44.7 Å². The summed E-state index contributed by atoms with van der Waals surface area (Å²) in [6, 6.07) is 9.90. The van der Waals surface area contributed by atoms with Gasteiger partial charge < -0.3 is 41.0 Å². The van der Waals surface area contributed by atoms with Gasteiger partial charge in [0.2, 0.25) is 37.2 Å². The Morgan fingerprint density at radius 2 is 1.56 bits per heavy atom. The van der Waals surface area contributed by atoms with Crippen molar-refractivity contribution in [3.05, 3.63) is 71.4 Å². The third-order valence-electron chi connectivity index (χ3n) is 10.7. The number of esters is 2. The zero-order chi connectivity index (χ0) is 46.1. The van der Waals surface area contributed by atoms with Gasteiger partial charge in [-0.1, -0.05) is 64.1 Å². The zero-order valence-electron chi connectivity index (χ0n) is 35.4. The first-order valence-electron chi connectivity index (χ1n) is 20.6. The molecule has 0 saturated carbocycles. The number of hydrogen-bond donors (Lipinski definition) is 5. The predicted octanol–water partition coefficient (Wildman–Crippen LogP) is 4.47. The molecule has 0 aliphatic carbocycles. The summed E-state index contributed by atoms with van der Waals surface area (Å²) in [6.45, 7) is 3.79. The number of carbonyl (C=O) groups is 7. The fourth-order valence-corrected chi connectivity index (χ4v) is 8.40. The largest absolute Gasteiger partial charge is 0.438 e. The Morgan fingerprint density at radius 3 is 2.17 bits per heavy atom. The average Bonchev–Trinajstić information content (AvgIpc) is 3.84. The van der Waals surface area contributed by atoms with Gasteiger partial charge in [0.1, 0.15) is 23.8 Å². The number of rotatable bonds is 20. The summed E-state index contributed by atoms with van der Waals surface area (Å²) in [4.78, 5) is 94.5. The van der Waals surface area contributed by atoms with Crippen molar-refractivity contribution in [1.82, 2.24) is 25.8 Å². The highest BCUT2D eigenvalue weighted by molar-refractivity contribution is 7.54. The number of carbonyl (C=O) groups excluding carboxylic acids is 7. The molecule has 0 radical (unpaired) electrons. The second-order valence-electron chi connectivity index (χ2n) is 16.0. The van der Waals surface area contributed by atoms with Crippen LogP contribution in [0, 0.1) is 11.8 Å². The third kappa shape index (κ3) is 12.1. The van der Waals surface area contributed by atoms with E-state index < -0.39 is 104 Å². The van der Waals surface area contributed by atoms with E-state index in [1.54, 1.807) is 0 Å². The van der Waals surface area contributed by atoms with Crippen molar-refractivity contribution in [2.45, 2.75) is 109 Å². The average molecular weight is 903 g/mol. The molecule has 2 aromatic carbocycles. The lowest BCUT2D eigenvalue weighted by Crippen LogP contribution is -2.57. The Kier molecular flexibility index (Phi) is 16.2. The van der Waals surface area contributed by atoms with Crippen LogP contribution in [0.3, 0.4) is 0 Å². The summed E-state index contributed by atoms with van der Waals surface area (Å²) in [6.07, 6.45) is 1.86. The van der Waals surface area contributed by atoms with Crippen molar-refractivity contribution < 1.29 is 65.4 Å². The van der Waals surface area contributed by atoms with Crippen LogP contribution < -0.4 is 21.7 Å². The number of alkyl halides is 2. The molecule has 5 rings (SSSR count). The number of primary amides is 1.